The van der Waals surface area contributed by atoms with Crippen molar-refractivity contribution in [1.82, 2.24) is 9.88 Å². The van der Waals surface area contributed by atoms with E-state index in [2.05, 4.69) is 0 Å². The Balaban J connectivity index is 1.42. The molecule has 0 saturated heterocycles. The lowest BCUT2D eigenvalue weighted by Crippen LogP contribution is -2.42. The van der Waals surface area contributed by atoms with Gasteiger partial charge in [0.05, 0.1) is 11.8 Å². The molecule has 0 spiro atoms. The zero-order valence-corrected chi connectivity index (χ0v) is 20.9. The van der Waals surface area contributed by atoms with Gasteiger partial charge in [0.15, 0.2) is 0 Å². The van der Waals surface area contributed by atoms with Gasteiger partial charge < -0.3 is 9.64 Å². The van der Waals surface area contributed by atoms with E-state index in [0.717, 1.165) is 43.4 Å². The first-order chi connectivity index (χ1) is 17.1. The van der Waals surface area contributed by atoms with Gasteiger partial charge in [0, 0.05) is 36.0 Å². The van der Waals surface area contributed by atoms with Crippen LogP contribution in [0.3, 0.4) is 0 Å². The number of aryl methyl sites for hydroxylation is 1. The topological polar surface area (TPSA) is 59.5 Å². The summed E-state index contributed by atoms with van der Waals surface area (Å²) in [7, 11) is 0. The number of alkyl halides is 3. The number of ether oxygens (including phenoxy) is 1. The van der Waals surface area contributed by atoms with E-state index in [1.807, 2.05) is 61.7 Å². The van der Waals surface area contributed by atoms with Gasteiger partial charge in [-0.2, -0.15) is 13.2 Å². The van der Waals surface area contributed by atoms with Gasteiger partial charge in [0.25, 0.3) is 0 Å². The number of carbonyl (C=O) groups is 2. The molecule has 5 nitrogen and oxygen atoms in total. The van der Waals surface area contributed by atoms with Crippen LogP contribution in [0.15, 0.2) is 47.8 Å². The van der Waals surface area contributed by atoms with Crippen molar-refractivity contribution < 1.29 is 27.5 Å². The van der Waals surface area contributed by atoms with E-state index in [1.54, 1.807) is 0 Å². The second kappa shape index (κ2) is 10.8. The van der Waals surface area contributed by atoms with Crippen LogP contribution in [0.5, 0.6) is 0 Å². The lowest BCUT2D eigenvalue weighted by Gasteiger charge is -2.21. The second-order valence-corrected chi connectivity index (χ2v) is 9.90. The van der Waals surface area contributed by atoms with Crippen LogP contribution in [0, 0.1) is 0 Å². The Morgan fingerprint density at radius 1 is 1.03 bits per heavy atom. The van der Waals surface area contributed by atoms with E-state index >= 15 is 0 Å². The number of carbonyl (C=O) groups excluding carboxylic acids is 2. The largest absolute Gasteiger partial charge is 0.471 e. The van der Waals surface area contributed by atoms with Crippen LogP contribution in [-0.2, 0) is 33.6 Å². The molecule has 190 valence electrons. The number of hydrogen-bond acceptors (Lipinski definition) is 5. The number of aromatic nitrogens is 1. The molecule has 36 heavy (non-hydrogen) atoms. The average molecular weight is 517 g/mol. The Bertz CT molecular complexity index is 1240. The highest BCUT2D eigenvalue weighted by atomic mass is 32.1. The summed E-state index contributed by atoms with van der Waals surface area (Å²) < 4.78 is 43.7. The zero-order valence-electron chi connectivity index (χ0n) is 20.1. The summed E-state index contributed by atoms with van der Waals surface area (Å²) in [6.45, 7) is 3.75. The third-order valence-electron chi connectivity index (χ3n) is 6.02. The Hall–Kier alpha value is -3.20. The fourth-order valence-corrected chi connectivity index (χ4v) is 5.02. The summed E-state index contributed by atoms with van der Waals surface area (Å²) in [6.07, 6.45) is -3.27. The molecule has 1 aliphatic rings. The van der Waals surface area contributed by atoms with Crippen molar-refractivity contribution in [3.8, 4) is 21.8 Å². The van der Waals surface area contributed by atoms with Crippen molar-refractivity contribution in [1.29, 1.82) is 0 Å². The summed E-state index contributed by atoms with van der Waals surface area (Å²) in [5.74, 6) is -1.99. The summed E-state index contributed by atoms with van der Waals surface area (Å²) >= 11 is 1.51. The maximum absolute atomic E-state index is 12.8. The van der Waals surface area contributed by atoms with Crippen molar-refractivity contribution in [3.63, 3.8) is 0 Å². The molecule has 0 saturated carbocycles. The molecule has 0 unspecified atom stereocenters. The monoisotopic (exact) mass is 516 g/mol. The molecule has 1 amide bonds. The molecule has 0 bridgehead atoms. The van der Waals surface area contributed by atoms with Crippen molar-refractivity contribution in [2.45, 2.75) is 51.8 Å². The molecule has 2 aromatic carbocycles. The number of halogens is 3. The van der Waals surface area contributed by atoms with Gasteiger partial charge in [0.2, 0.25) is 0 Å². The molecular formula is C27H27F3N2O3S. The fraction of sp³-hybridized carbons (Fsp3) is 0.370. The van der Waals surface area contributed by atoms with Crippen molar-refractivity contribution in [2.75, 3.05) is 13.1 Å². The van der Waals surface area contributed by atoms with Gasteiger partial charge in [-0.3, -0.25) is 9.59 Å². The van der Waals surface area contributed by atoms with E-state index in [-0.39, 0.29) is 25.2 Å². The van der Waals surface area contributed by atoms with Gasteiger partial charge >= 0.3 is 18.1 Å². The van der Waals surface area contributed by atoms with E-state index in [0.29, 0.717) is 25.7 Å². The average Bonchev–Trinajstić information content (AvgIpc) is 3.23. The third kappa shape index (κ3) is 6.32. The summed E-state index contributed by atoms with van der Waals surface area (Å²) in [5, 5.41) is 2.82. The van der Waals surface area contributed by atoms with Gasteiger partial charge in [-0.1, -0.05) is 36.4 Å². The van der Waals surface area contributed by atoms with Crippen LogP contribution < -0.4 is 0 Å². The standard InChI is InChI=1S/C27H27F3N2O3S/c1-17(2)35-24(33)10-5-18-3-6-20(7-4-18)25-31-23(16-36-25)22-9-8-19-11-13-32(14-12-21(19)15-22)26(34)27(28,29)30/h3-4,6-9,15-17H,5,10-14H2,1-2H3. The Labute approximate surface area is 211 Å². The minimum atomic E-state index is -4.85. The Morgan fingerprint density at radius 2 is 1.69 bits per heavy atom. The van der Waals surface area contributed by atoms with Crippen LogP contribution in [0.2, 0.25) is 0 Å². The zero-order chi connectivity index (χ0) is 25.9. The van der Waals surface area contributed by atoms with E-state index < -0.39 is 12.1 Å². The lowest BCUT2D eigenvalue weighted by molar-refractivity contribution is -0.185. The molecular weight excluding hydrogens is 489 g/mol. The normalized spacial score (nSPS) is 13.9. The fourth-order valence-electron chi connectivity index (χ4n) is 4.19. The molecule has 2 heterocycles. The van der Waals surface area contributed by atoms with Crippen LogP contribution in [0.25, 0.3) is 21.8 Å². The maximum Gasteiger partial charge on any atom is 0.471 e. The number of esters is 1. The second-order valence-electron chi connectivity index (χ2n) is 9.05. The highest BCUT2D eigenvalue weighted by molar-refractivity contribution is 7.13. The predicted molar refractivity (Wildman–Crippen MR) is 133 cm³/mol. The molecule has 4 rings (SSSR count). The number of rotatable bonds is 6. The molecule has 0 radical (unpaired) electrons. The number of nitrogens with zero attached hydrogens (tertiary/aromatic N) is 2. The van der Waals surface area contributed by atoms with E-state index in [9.17, 15) is 22.8 Å². The number of benzene rings is 2. The van der Waals surface area contributed by atoms with Gasteiger partial charge in [-0.15, -0.1) is 11.3 Å². The SMILES string of the molecule is CC(C)OC(=O)CCc1ccc(-c2nc(-c3ccc4c(c3)CCN(C(=O)C(F)(F)F)CC4)cs2)cc1. The number of amides is 1. The minimum Gasteiger partial charge on any atom is -0.463 e. The molecule has 1 aromatic heterocycles. The summed E-state index contributed by atoms with van der Waals surface area (Å²) in [5.41, 5.74) is 5.60. The van der Waals surface area contributed by atoms with E-state index in [1.165, 1.54) is 11.3 Å². The third-order valence-corrected chi connectivity index (χ3v) is 6.92. The molecule has 0 aliphatic carbocycles. The van der Waals surface area contributed by atoms with Gasteiger partial charge in [-0.05, 0) is 55.9 Å². The van der Waals surface area contributed by atoms with E-state index in [4.69, 9.17) is 9.72 Å². The molecule has 1 aliphatic heterocycles. The first-order valence-electron chi connectivity index (χ1n) is 11.8. The maximum atomic E-state index is 12.8. The van der Waals surface area contributed by atoms with Gasteiger partial charge in [-0.25, -0.2) is 4.98 Å². The summed E-state index contributed by atoms with van der Waals surface area (Å²) in [6, 6.07) is 13.7. The lowest BCUT2D eigenvalue weighted by atomic mass is 9.99. The summed E-state index contributed by atoms with van der Waals surface area (Å²) in [4.78, 5) is 29.1. The molecule has 9 heteroatoms. The highest BCUT2D eigenvalue weighted by Crippen LogP contribution is 2.31. The number of thiazole rings is 1. The van der Waals surface area contributed by atoms with Crippen LogP contribution in [0.4, 0.5) is 13.2 Å². The Morgan fingerprint density at radius 3 is 2.36 bits per heavy atom. The smallest absolute Gasteiger partial charge is 0.463 e. The minimum absolute atomic E-state index is 0.0403. The first kappa shape index (κ1) is 25.9. The molecule has 0 atom stereocenters. The molecule has 0 N–H and O–H groups in total. The number of hydrogen-bond donors (Lipinski definition) is 0. The first-order valence-corrected chi connectivity index (χ1v) is 12.7. The molecule has 0 fully saturated rings. The predicted octanol–water partition coefficient (Wildman–Crippen LogP) is 5.85. The molecule has 3 aromatic rings. The van der Waals surface area contributed by atoms with Crippen LogP contribution >= 0.6 is 11.3 Å². The van der Waals surface area contributed by atoms with Crippen molar-refractivity contribution in [2.24, 2.45) is 0 Å². The van der Waals surface area contributed by atoms with Crippen LogP contribution in [0.1, 0.15) is 37.0 Å². The number of fused-ring (bicyclic) bond motifs is 1. The van der Waals surface area contributed by atoms with Crippen molar-refractivity contribution >= 4 is 23.2 Å². The quantitative estimate of drug-likeness (QED) is 0.386. The Kier molecular flexibility index (Phi) is 7.78. The van der Waals surface area contributed by atoms with Crippen molar-refractivity contribution in [3.05, 3.63) is 64.5 Å². The van der Waals surface area contributed by atoms with Crippen LogP contribution in [-0.4, -0.2) is 47.1 Å². The van der Waals surface area contributed by atoms with Gasteiger partial charge in [0.1, 0.15) is 5.01 Å². The highest BCUT2D eigenvalue weighted by Gasteiger charge is 2.42.